The van der Waals surface area contributed by atoms with E-state index in [0.29, 0.717) is 0 Å². The molecule has 2 aliphatic rings. The molecule has 8 rings (SSSR count). The fourth-order valence-electron chi connectivity index (χ4n) is 1.90. The van der Waals surface area contributed by atoms with Crippen LogP contribution in [0.2, 0.25) is 0 Å². The van der Waals surface area contributed by atoms with Crippen LogP contribution in [0.15, 0.2) is 157 Å². The topological polar surface area (TPSA) is 193 Å². The Balaban J connectivity index is 0.000000229. The van der Waals surface area contributed by atoms with E-state index in [1.54, 1.807) is 74.6 Å². The van der Waals surface area contributed by atoms with Crippen LogP contribution < -0.4 is 0 Å². The van der Waals surface area contributed by atoms with Gasteiger partial charge in [-0.2, -0.15) is 30.8 Å². The lowest BCUT2D eigenvalue weighted by molar-refractivity contribution is 0.557. The van der Waals surface area contributed by atoms with Crippen molar-refractivity contribution in [3.63, 3.8) is 0 Å². The van der Waals surface area contributed by atoms with Crippen LogP contribution in [-0.2, 0) is 0 Å². The lowest BCUT2D eigenvalue weighted by Gasteiger charge is -1.57. The Kier molecular flexibility index (Phi) is 23.5. The van der Waals surface area contributed by atoms with E-state index in [-0.39, 0.29) is 0 Å². The second-order valence-electron chi connectivity index (χ2n) is 6.37. The Hall–Kier alpha value is -5.92. The second kappa shape index (κ2) is 29.3. The van der Waals surface area contributed by atoms with E-state index in [9.17, 15) is 0 Å². The fraction of sp³-hybridized carbons (Fsp3) is 0.0769. The Bertz CT molecular complexity index is 879. The number of aromatic amines is 4. The average Bonchev–Trinajstić information content (AvgIpc) is 3.95. The highest BCUT2D eigenvalue weighted by Gasteiger charge is 1.72. The number of hydrogen-bond donors (Lipinski definition) is 4. The Morgan fingerprint density at radius 2 is 0.850 bits per heavy atom. The first-order valence-electron chi connectivity index (χ1n) is 11.7. The van der Waals surface area contributed by atoms with Crippen LogP contribution >= 0.6 is 0 Å². The second-order valence-corrected chi connectivity index (χ2v) is 6.37. The van der Waals surface area contributed by atoms with Gasteiger partial charge in [0.05, 0.1) is 49.8 Å². The van der Waals surface area contributed by atoms with Gasteiger partial charge in [0.1, 0.15) is 12.5 Å². The normalized spacial score (nSPS) is 10.4. The number of oxazole rings is 2. The molecule has 0 saturated carbocycles. The van der Waals surface area contributed by atoms with Gasteiger partial charge in [-0.3, -0.25) is 0 Å². The van der Waals surface area contributed by atoms with Crippen LogP contribution in [0.3, 0.4) is 0 Å². The van der Waals surface area contributed by atoms with E-state index < -0.39 is 0 Å². The van der Waals surface area contributed by atoms with E-state index >= 15 is 0 Å². The highest BCUT2D eigenvalue weighted by atomic mass is 16.3. The summed E-state index contributed by atoms with van der Waals surface area (Å²) in [6.45, 7) is 0. The van der Waals surface area contributed by atoms with E-state index in [4.69, 9.17) is 0 Å². The number of hydrogen-bond acceptors (Lipinski definition) is 10. The summed E-state index contributed by atoms with van der Waals surface area (Å²) in [6.07, 6.45) is 44.4. The summed E-state index contributed by atoms with van der Waals surface area (Å²) in [5.74, 6) is 0. The zero-order valence-corrected chi connectivity index (χ0v) is 21.7. The zero-order valence-electron chi connectivity index (χ0n) is 21.7. The predicted octanol–water partition coefficient (Wildman–Crippen LogP) is 4.78. The van der Waals surface area contributed by atoms with Gasteiger partial charge in [0, 0.05) is 24.8 Å². The minimum absolute atomic E-state index is 1.14. The molecule has 0 amide bonds. The van der Waals surface area contributed by atoms with Crippen molar-refractivity contribution in [1.82, 2.24) is 60.7 Å². The summed E-state index contributed by atoms with van der Waals surface area (Å²) in [5.41, 5.74) is 0. The van der Waals surface area contributed by atoms with Crippen LogP contribution in [0.1, 0.15) is 12.8 Å². The first kappa shape index (κ1) is 32.1. The molecular weight excluding hydrogens is 512 g/mol. The van der Waals surface area contributed by atoms with Gasteiger partial charge in [-0.25, -0.2) is 19.9 Å². The van der Waals surface area contributed by atoms with Gasteiger partial charge in [-0.15, -0.1) is 0 Å². The highest BCUT2D eigenvalue weighted by molar-refractivity contribution is 5.12. The number of imidazole rings is 2. The molecular formula is C26H32N12O2. The van der Waals surface area contributed by atoms with E-state index in [0.717, 1.165) is 12.8 Å². The van der Waals surface area contributed by atoms with Crippen LogP contribution in [0.25, 0.3) is 0 Å². The Morgan fingerprint density at radius 1 is 0.450 bits per heavy atom. The first-order valence-corrected chi connectivity index (χ1v) is 11.7. The lowest BCUT2D eigenvalue weighted by atomic mass is 10.5. The molecule has 0 aliphatic heterocycles. The summed E-state index contributed by atoms with van der Waals surface area (Å²) in [7, 11) is 0. The molecule has 0 unspecified atom stereocenters. The lowest BCUT2D eigenvalue weighted by Crippen LogP contribution is -1.61. The molecule has 14 heteroatoms. The van der Waals surface area contributed by atoms with E-state index in [2.05, 4.69) is 118 Å². The third kappa shape index (κ3) is 26.7. The molecule has 0 atom stereocenters. The first-order chi connectivity index (χ1) is 20.0. The molecule has 0 radical (unpaired) electrons. The van der Waals surface area contributed by atoms with Crippen molar-refractivity contribution in [1.29, 1.82) is 0 Å². The maximum atomic E-state index is 4.47. The third-order valence-electron chi connectivity index (χ3n) is 3.48. The zero-order chi connectivity index (χ0) is 28.3. The number of aromatic nitrogens is 12. The van der Waals surface area contributed by atoms with Gasteiger partial charge in [0.25, 0.3) is 0 Å². The van der Waals surface area contributed by atoms with Crippen molar-refractivity contribution in [3.05, 3.63) is 149 Å². The molecule has 6 aromatic heterocycles. The molecule has 2 aliphatic carbocycles. The van der Waals surface area contributed by atoms with Crippen molar-refractivity contribution >= 4 is 0 Å². The smallest absolute Gasteiger partial charge is 0.180 e. The number of nitrogens with one attached hydrogen (secondary N) is 4. The molecule has 208 valence electrons. The Morgan fingerprint density at radius 3 is 0.950 bits per heavy atom. The number of allylic oxidation sites excluding steroid dienone is 8. The summed E-state index contributed by atoms with van der Waals surface area (Å²) in [4.78, 5) is 19.9. The van der Waals surface area contributed by atoms with Gasteiger partial charge in [0.2, 0.25) is 0 Å². The van der Waals surface area contributed by atoms with Gasteiger partial charge in [-0.1, -0.05) is 48.6 Å². The monoisotopic (exact) mass is 544 g/mol. The van der Waals surface area contributed by atoms with Gasteiger partial charge < -0.3 is 18.8 Å². The van der Waals surface area contributed by atoms with Crippen LogP contribution in [0.4, 0.5) is 0 Å². The molecule has 4 N–H and O–H groups in total. The van der Waals surface area contributed by atoms with Crippen LogP contribution in [0.5, 0.6) is 0 Å². The van der Waals surface area contributed by atoms with Crippen molar-refractivity contribution in [2.24, 2.45) is 0 Å². The average molecular weight is 545 g/mol. The third-order valence-corrected chi connectivity index (χ3v) is 3.48. The van der Waals surface area contributed by atoms with Gasteiger partial charge >= 0.3 is 0 Å². The van der Waals surface area contributed by atoms with Gasteiger partial charge in [-0.05, 0) is 12.8 Å². The number of nitrogens with zero attached hydrogens (tertiary/aromatic N) is 8. The standard InChI is InChI=1S/2C5H6.2C3H4N2.2C3H3NO.2C2H3N3/c2*1-2-4-5-3-1;4*1-2-5-3-4-1;2*1-2-4-5-3-1/h2*1-4H,5H2;2*1-3H,(H,4,5);2*1-3H;2*1-2H,(H,3,4,5). The van der Waals surface area contributed by atoms with Crippen LogP contribution in [0, 0.1) is 0 Å². The maximum absolute atomic E-state index is 4.47. The van der Waals surface area contributed by atoms with Crippen molar-refractivity contribution < 1.29 is 8.83 Å². The van der Waals surface area contributed by atoms with E-state index in [1.807, 2.05) is 0 Å². The van der Waals surface area contributed by atoms with E-state index in [1.165, 1.54) is 25.3 Å². The Labute approximate surface area is 231 Å². The molecule has 0 saturated heterocycles. The molecule has 0 bridgehead atoms. The summed E-state index contributed by atoms with van der Waals surface area (Å²) < 4.78 is 8.94. The summed E-state index contributed by atoms with van der Waals surface area (Å²) in [5, 5.41) is 18.7. The largest absolute Gasteiger partial charge is 0.452 e. The van der Waals surface area contributed by atoms with Gasteiger partial charge in [0.15, 0.2) is 12.8 Å². The summed E-state index contributed by atoms with van der Waals surface area (Å²) >= 11 is 0. The summed E-state index contributed by atoms with van der Waals surface area (Å²) in [6, 6.07) is 0. The molecule has 14 nitrogen and oxygen atoms in total. The van der Waals surface area contributed by atoms with Crippen molar-refractivity contribution in [3.8, 4) is 0 Å². The minimum atomic E-state index is 1.14. The van der Waals surface area contributed by atoms with Crippen molar-refractivity contribution in [2.75, 3.05) is 0 Å². The molecule has 0 aromatic carbocycles. The SMILES string of the molecule is C1=CCC=C1.C1=CCC=C1.c1c[nH]cn1.c1c[nH]cn1.c1cn[nH]n1.c1cn[nH]n1.c1cocn1.c1cocn1. The van der Waals surface area contributed by atoms with Crippen LogP contribution in [-0.4, -0.2) is 60.7 Å². The fourth-order valence-corrected chi connectivity index (χ4v) is 1.90. The number of H-pyrrole nitrogens is 4. The molecule has 0 fully saturated rings. The quantitative estimate of drug-likeness (QED) is 0.207. The number of rotatable bonds is 0. The van der Waals surface area contributed by atoms with Crippen molar-refractivity contribution in [2.45, 2.75) is 12.8 Å². The molecule has 6 aromatic rings. The minimum Gasteiger partial charge on any atom is -0.452 e. The molecule has 40 heavy (non-hydrogen) atoms. The highest BCUT2D eigenvalue weighted by Crippen LogP contribution is 1.93. The molecule has 6 heterocycles. The maximum Gasteiger partial charge on any atom is 0.180 e. The predicted molar refractivity (Wildman–Crippen MR) is 149 cm³/mol. The molecule has 0 spiro atoms.